The van der Waals surface area contributed by atoms with Crippen LogP contribution in [-0.4, -0.2) is 50.3 Å². The van der Waals surface area contributed by atoms with E-state index in [0.29, 0.717) is 6.54 Å². The van der Waals surface area contributed by atoms with Gasteiger partial charge in [0.1, 0.15) is 0 Å². The normalized spacial score (nSPS) is 34.8. The van der Waals surface area contributed by atoms with E-state index in [1.807, 2.05) is 12.1 Å². The fourth-order valence-electron chi connectivity index (χ4n) is 4.56. The Morgan fingerprint density at radius 1 is 1.33 bits per heavy atom. The molecule has 1 saturated carbocycles. The van der Waals surface area contributed by atoms with Gasteiger partial charge < -0.3 is 26.0 Å². The largest absolute Gasteiger partial charge is 0.370 e. The molecule has 0 radical (unpaired) electrons. The zero-order chi connectivity index (χ0) is 16.8. The van der Waals surface area contributed by atoms with Gasteiger partial charge in [0.05, 0.1) is 17.1 Å². The molecular formula is C18H26N4O2. The number of carbonyl (C=O) groups is 1. The Morgan fingerprint density at radius 3 is 2.62 bits per heavy atom. The van der Waals surface area contributed by atoms with Gasteiger partial charge >= 0.3 is 0 Å². The van der Waals surface area contributed by atoms with Gasteiger partial charge in [0.25, 0.3) is 0 Å². The molecule has 4 aliphatic rings. The van der Waals surface area contributed by atoms with Crippen molar-refractivity contribution in [3.8, 4) is 0 Å². The smallest absolute Gasteiger partial charge is 0.233 e. The Balaban J connectivity index is 1.43. The minimum atomic E-state index is -0.444. The van der Waals surface area contributed by atoms with Crippen molar-refractivity contribution in [2.24, 2.45) is 11.1 Å². The van der Waals surface area contributed by atoms with E-state index in [0.717, 1.165) is 44.7 Å². The lowest BCUT2D eigenvalue weighted by Gasteiger charge is -2.41. The van der Waals surface area contributed by atoms with Gasteiger partial charge in [0, 0.05) is 44.1 Å². The average Bonchev–Trinajstić information content (AvgIpc) is 3.05. The van der Waals surface area contributed by atoms with E-state index >= 15 is 0 Å². The van der Waals surface area contributed by atoms with Gasteiger partial charge in [-0.2, -0.15) is 0 Å². The van der Waals surface area contributed by atoms with Crippen LogP contribution in [0.15, 0.2) is 24.3 Å². The number of benzene rings is 1. The summed E-state index contributed by atoms with van der Waals surface area (Å²) in [6.45, 7) is 6.52. The summed E-state index contributed by atoms with van der Waals surface area (Å²) in [5.41, 5.74) is 7.25. The molecule has 6 heteroatoms. The first kappa shape index (κ1) is 15.9. The van der Waals surface area contributed by atoms with Gasteiger partial charge in [0.15, 0.2) is 0 Å². The molecule has 4 N–H and O–H groups in total. The summed E-state index contributed by atoms with van der Waals surface area (Å²) in [7, 11) is 0. The van der Waals surface area contributed by atoms with E-state index in [1.165, 1.54) is 5.69 Å². The van der Waals surface area contributed by atoms with Gasteiger partial charge in [-0.15, -0.1) is 0 Å². The molecule has 1 aromatic rings. The summed E-state index contributed by atoms with van der Waals surface area (Å²) in [5.74, 6) is 0.0443. The molecule has 3 saturated heterocycles. The molecule has 2 bridgehead atoms. The molecule has 1 atom stereocenters. The number of hydrogen-bond acceptors (Lipinski definition) is 5. The maximum Gasteiger partial charge on any atom is 0.233 e. The van der Waals surface area contributed by atoms with Crippen LogP contribution < -0.4 is 21.3 Å². The Morgan fingerprint density at radius 2 is 2.00 bits per heavy atom. The van der Waals surface area contributed by atoms with Crippen LogP contribution in [0.2, 0.25) is 0 Å². The molecule has 4 fully saturated rings. The summed E-state index contributed by atoms with van der Waals surface area (Å²) in [6, 6.07) is 8.12. The highest BCUT2D eigenvalue weighted by Crippen LogP contribution is 2.61. The van der Waals surface area contributed by atoms with Crippen LogP contribution in [0.5, 0.6) is 0 Å². The highest BCUT2D eigenvalue weighted by Gasteiger charge is 2.68. The van der Waals surface area contributed by atoms with Gasteiger partial charge in [-0.25, -0.2) is 0 Å². The number of carbonyl (C=O) groups excluding carboxylic acids is 1. The second kappa shape index (κ2) is 5.72. The summed E-state index contributed by atoms with van der Waals surface area (Å²) in [6.07, 6.45) is 1.38. The number of piperazine rings is 1. The van der Waals surface area contributed by atoms with Gasteiger partial charge in [-0.3, -0.25) is 4.79 Å². The fraction of sp³-hybridized carbons (Fsp3) is 0.611. The Hall–Kier alpha value is -1.63. The number of nitrogens with two attached hydrogens (primary N) is 1. The maximum atomic E-state index is 12.8. The molecule has 0 aromatic heterocycles. The lowest BCUT2D eigenvalue weighted by Crippen LogP contribution is -2.52. The first-order chi connectivity index (χ1) is 11.5. The van der Waals surface area contributed by atoms with Gasteiger partial charge in [-0.05, 0) is 44.0 Å². The molecule has 6 nitrogen and oxygen atoms in total. The monoisotopic (exact) mass is 330 g/mol. The molecule has 130 valence electrons. The summed E-state index contributed by atoms with van der Waals surface area (Å²) < 4.78 is 5.93. The van der Waals surface area contributed by atoms with Crippen molar-refractivity contribution in [3.63, 3.8) is 0 Å². The third-order valence-corrected chi connectivity index (χ3v) is 5.70. The van der Waals surface area contributed by atoms with Crippen LogP contribution in [0.4, 0.5) is 11.4 Å². The number of anilines is 2. The van der Waals surface area contributed by atoms with Crippen molar-refractivity contribution in [1.29, 1.82) is 0 Å². The second-order valence-electron chi connectivity index (χ2n) is 7.54. The highest BCUT2D eigenvalue weighted by atomic mass is 16.5. The van der Waals surface area contributed by atoms with E-state index in [2.05, 4.69) is 34.6 Å². The van der Waals surface area contributed by atoms with Crippen molar-refractivity contribution < 1.29 is 9.53 Å². The van der Waals surface area contributed by atoms with Crippen LogP contribution in [0.3, 0.4) is 0 Å². The Labute approximate surface area is 142 Å². The van der Waals surface area contributed by atoms with E-state index in [1.54, 1.807) is 0 Å². The van der Waals surface area contributed by atoms with Crippen LogP contribution in [-0.2, 0) is 9.53 Å². The van der Waals surface area contributed by atoms with E-state index in [4.69, 9.17) is 10.5 Å². The third-order valence-electron chi connectivity index (χ3n) is 5.70. The Bertz CT molecular complexity index is 618. The predicted octanol–water partition coefficient (Wildman–Crippen LogP) is 0.931. The molecule has 3 aliphatic heterocycles. The number of nitrogens with zero attached hydrogens (tertiary/aromatic N) is 1. The minimum Gasteiger partial charge on any atom is -0.370 e. The number of fused-ring (bicyclic) bond motifs is 1. The number of nitrogens with one attached hydrogen (secondary N) is 2. The molecule has 0 spiro atoms. The first-order valence-electron chi connectivity index (χ1n) is 8.80. The van der Waals surface area contributed by atoms with E-state index < -0.39 is 5.41 Å². The third kappa shape index (κ3) is 2.49. The van der Waals surface area contributed by atoms with Crippen LogP contribution in [0.1, 0.15) is 19.8 Å². The molecule has 24 heavy (non-hydrogen) atoms. The topological polar surface area (TPSA) is 79.6 Å². The minimum absolute atomic E-state index is 0.0443. The number of amides is 1. The molecular weight excluding hydrogens is 304 g/mol. The molecule has 3 heterocycles. The van der Waals surface area contributed by atoms with Crippen molar-refractivity contribution in [3.05, 3.63) is 24.3 Å². The van der Waals surface area contributed by atoms with Crippen molar-refractivity contribution >= 4 is 17.3 Å². The zero-order valence-electron chi connectivity index (χ0n) is 14.2. The standard InChI is InChI=1S/C18H26N4O2/c1-17-11-18(12-17,15(10-19)24-17)16(23)21-13-2-4-14(5-3-13)22-8-6-20-7-9-22/h2-5,15,20H,6-12,19H2,1H3,(H,21,23). The van der Waals surface area contributed by atoms with Crippen LogP contribution in [0.25, 0.3) is 0 Å². The molecule has 1 aromatic carbocycles. The molecule has 1 amide bonds. The first-order valence-corrected chi connectivity index (χ1v) is 8.80. The lowest BCUT2D eigenvalue weighted by molar-refractivity contribution is -0.130. The molecule has 1 unspecified atom stereocenters. The number of ether oxygens (including phenoxy) is 1. The summed E-state index contributed by atoms with van der Waals surface area (Å²) in [5, 5.41) is 6.42. The van der Waals surface area contributed by atoms with Crippen molar-refractivity contribution in [1.82, 2.24) is 5.32 Å². The lowest BCUT2D eigenvalue weighted by atomic mass is 9.60. The van der Waals surface area contributed by atoms with Gasteiger partial charge in [-0.1, -0.05) is 0 Å². The van der Waals surface area contributed by atoms with Crippen LogP contribution >= 0.6 is 0 Å². The van der Waals surface area contributed by atoms with Crippen molar-refractivity contribution in [2.75, 3.05) is 42.9 Å². The maximum absolute atomic E-state index is 12.8. The second-order valence-corrected chi connectivity index (χ2v) is 7.54. The fourth-order valence-corrected chi connectivity index (χ4v) is 4.56. The predicted molar refractivity (Wildman–Crippen MR) is 94.2 cm³/mol. The van der Waals surface area contributed by atoms with Gasteiger partial charge in [0.2, 0.25) is 5.91 Å². The zero-order valence-corrected chi connectivity index (χ0v) is 14.2. The SMILES string of the molecule is CC12CC(C(=O)Nc3ccc(N4CCNCC4)cc3)(C1)C(CN)O2. The summed E-state index contributed by atoms with van der Waals surface area (Å²) in [4.78, 5) is 15.2. The van der Waals surface area contributed by atoms with E-state index in [9.17, 15) is 4.79 Å². The van der Waals surface area contributed by atoms with Crippen molar-refractivity contribution in [2.45, 2.75) is 31.5 Å². The quantitative estimate of drug-likeness (QED) is 0.765. The summed E-state index contributed by atoms with van der Waals surface area (Å²) >= 11 is 0. The van der Waals surface area contributed by atoms with E-state index in [-0.39, 0.29) is 17.6 Å². The molecule has 1 aliphatic carbocycles. The average molecular weight is 330 g/mol. The molecule has 5 rings (SSSR count). The highest BCUT2D eigenvalue weighted by molar-refractivity contribution is 5.97. The number of hydrogen-bond donors (Lipinski definition) is 3. The Kier molecular flexibility index (Phi) is 3.78. The van der Waals surface area contributed by atoms with Crippen LogP contribution in [0, 0.1) is 5.41 Å². The number of rotatable bonds is 4.